The lowest BCUT2D eigenvalue weighted by molar-refractivity contribution is 0.0734. The van der Waals surface area contributed by atoms with E-state index in [-0.39, 0.29) is 11.9 Å². The highest BCUT2D eigenvalue weighted by atomic mass is 32.1. The lowest BCUT2D eigenvalue weighted by Crippen LogP contribution is -2.37. The van der Waals surface area contributed by atoms with E-state index in [2.05, 4.69) is 16.5 Å². The molecule has 2 N–H and O–H groups in total. The zero-order valence-electron chi connectivity index (χ0n) is 13.0. The average molecular weight is 306 g/mol. The van der Waals surface area contributed by atoms with Crippen molar-refractivity contribution in [3.8, 4) is 0 Å². The molecule has 21 heavy (non-hydrogen) atoms. The number of aromatic nitrogens is 2. The van der Waals surface area contributed by atoms with Gasteiger partial charge in [-0.2, -0.15) is 5.10 Å². The number of amides is 1. The first-order chi connectivity index (χ1) is 9.95. The third-order valence-corrected chi connectivity index (χ3v) is 4.65. The molecule has 0 bridgehead atoms. The molecular formula is C15H22N4OS. The fourth-order valence-corrected chi connectivity index (χ4v) is 3.16. The molecule has 2 rings (SSSR count). The van der Waals surface area contributed by atoms with Crippen molar-refractivity contribution < 1.29 is 4.79 Å². The summed E-state index contributed by atoms with van der Waals surface area (Å²) in [5.74, 6) is -0.0775. The van der Waals surface area contributed by atoms with Gasteiger partial charge in [0.05, 0.1) is 11.4 Å². The van der Waals surface area contributed by atoms with Crippen LogP contribution in [0.25, 0.3) is 0 Å². The fourth-order valence-electron chi connectivity index (χ4n) is 2.33. The third kappa shape index (κ3) is 3.10. The Balaban J connectivity index is 2.17. The first-order valence-corrected chi connectivity index (χ1v) is 7.94. The lowest BCUT2D eigenvalue weighted by atomic mass is 10.1. The molecule has 0 saturated carbocycles. The number of thiophene rings is 1. The average Bonchev–Trinajstić information content (AvgIpc) is 3.05. The monoisotopic (exact) mass is 306 g/mol. The molecule has 0 aromatic carbocycles. The number of anilines is 1. The van der Waals surface area contributed by atoms with Crippen LogP contribution in [0.2, 0.25) is 0 Å². The van der Waals surface area contributed by atoms with Crippen LogP contribution in [-0.4, -0.2) is 33.7 Å². The normalized spacial score (nSPS) is 12.4. The van der Waals surface area contributed by atoms with E-state index in [9.17, 15) is 4.79 Å². The number of nitrogen functional groups attached to an aromatic ring is 1. The Morgan fingerprint density at radius 1 is 1.57 bits per heavy atom. The molecule has 0 saturated heterocycles. The van der Waals surface area contributed by atoms with E-state index in [1.165, 1.54) is 4.88 Å². The second-order valence-electron chi connectivity index (χ2n) is 5.23. The van der Waals surface area contributed by atoms with Crippen LogP contribution in [-0.2, 0) is 19.9 Å². The molecule has 0 aliphatic rings. The second-order valence-corrected chi connectivity index (χ2v) is 6.27. The Labute approximate surface area is 129 Å². The van der Waals surface area contributed by atoms with E-state index in [1.807, 2.05) is 27.0 Å². The van der Waals surface area contributed by atoms with Gasteiger partial charge in [0.15, 0.2) is 0 Å². The molecular weight excluding hydrogens is 284 g/mol. The Kier molecular flexibility index (Phi) is 4.67. The molecule has 2 aromatic rings. The molecule has 2 heterocycles. The quantitative estimate of drug-likeness (QED) is 0.922. The van der Waals surface area contributed by atoms with Gasteiger partial charge in [0.2, 0.25) is 0 Å². The predicted octanol–water partition coefficient (Wildman–Crippen LogP) is 2.33. The molecule has 1 atom stereocenters. The number of carbonyl (C=O) groups excluding carboxylic acids is 1. The van der Waals surface area contributed by atoms with Crippen LogP contribution >= 0.6 is 11.3 Å². The smallest absolute Gasteiger partial charge is 0.274 e. The molecule has 1 unspecified atom stereocenters. The minimum Gasteiger partial charge on any atom is -0.395 e. The molecule has 5 nitrogen and oxygen atoms in total. The van der Waals surface area contributed by atoms with Crippen LogP contribution in [0.15, 0.2) is 17.5 Å². The van der Waals surface area contributed by atoms with Gasteiger partial charge in [-0.1, -0.05) is 13.0 Å². The van der Waals surface area contributed by atoms with Crippen molar-refractivity contribution >= 4 is 22.9 Å². The minimum absolute atomic E-state index is 0.0775. The maximum atomic E-state index is 12.7. The van der Waals surface area contributed by atoms with E-state index in [1.54, 1.807) is 28.0 Å². The standard InChI is InChI=1S/C15H22N4OS/c1-5-12-13(16)14(19(4)17-12)15(20)18(3)10(2)9-11-7-6-8-21-11/h6-8,10H,5,9,16H2,1-4H3. The summed E-state index contributed by atoms with van der Waals surface area (Å²) in [6, 6.07) is 4.23. The summed E-state index contributed by atoms with van der Waals surface area (Å²) in [7, 11) is 3.58. The topological polar surface area (TPSA) is 64.2 Å². The van der Waals surface area contributed by atoms with Crippen molar-refractivity contribution in [2.45, 2.75) is 32.7 Å². The van der Waals surface area contributed by atoms with Gasteiger partial charge in [-0.15, -0.1) is 11.3 Å². The zero-order chi connectivity index (χ0) is 15.6. The van der Waals surface area contributed by atoms with E-state index in [0.717, 1.165) is 18.5 Å². The Bertz CT molecular complexity index is 618. The number of hydrogen-bond acceptors (Lipinski definition) is 4. The van der Waals surface area contributed by atoms with Gasteiger partial charge in [-0.3, -0.25) is 9.48 Å². The van der Waals surface area contributed by atoms with Crippen molar-refractivity contribution in [2.75, 3.05) is 12.8 Å². The SMILES string of the molecule is CCc1nn(C)c(C(=O)N(C)C(C)Cc2cccs2)c1N. The van der Waals surface area contributed by atoms with Gasteiger partial charge in [0, 0.05) is 31.4 Å². The highest BCUT2D eigenvalue weighted by Crippen LogP contribution is 2.20. The number of aryl methyl sites for hydroxylation is 2. The summed E-state index contributed by atoms with van der Waals surface area (Å²) in [6.45, 7) is 4.03. The van der Waals surface area contributed by atoms with E-state index in [0.29, 0.717) is 11.4 Å². The Morgan fingerprint density at radius 2 is 2.29 bits per heavy atom. The molecule has 0 aliphatic heterocycles. The molecule has 0 spiro atoms. The third-order valence-electron chi connectivity index (χ3n) is 3.76. The van der Waals surface area contributed by atoms with Gasteiger partial charge in [0.1, 0.15) is 5.69 Å². The summed E-state index contributed by atoms with van der Waals surface area (Å²) < 4.78 is 1.59. The lowest BCUT2D eigenvalue weighted by Gasteiger charge is -2.24. The van der Waals surface area contributed by atoms with Crippen LogP contribution in [0.1, 0.15) is 34.9 Å². The summed E-state index contributed by atoms with van der Waals surface area (Å²) in [6.07, 6.45) is 1.57. The summed E-state index contributed by atoms with van der Waals surface area (Å²) in [5, 5.41) is 6.37. The number of carbonyl (C=O) groups is 1. The summed E-state index contributed by atoms with van der Waals surface area (Å²) >= 11 is 1.71. The van der Waals surface area contributed by atoms with Gasteiger partial charge < -0.3 is 10.6 Å². The first kappa shape index (κ1) is 15.6. The van der Waals surface area contributed by atoms with Gasteiger partial charge in [-0.05, 0) is 24.8 Å². The molecule has 2 aromatic heterocycles. The maximum absolute atomic E-state index is 12.7. The number of nitrogens with zero attached hydrogens (tertiary/aromatic N) is 3. The van der Waals surface area contributed by atoms with Gasteiger partial charge in [0.25, 0.3) is 5.91 Å². The van der Waals surface area contributed by atoms with Gasteiger partial charge >= 0.3 is 0 Å². The fraction of sp³-hybridized carbons (Fsp3) is 0.467. The van der Waals surface area contributed by atoms with E-state index >= 15 is 0 Å². The Hall–Kier alpha value is -1.82. The number of nitrogens with two attached hydrogens (primary N) is 1. The predicted molar refractivity (Wildman–Crippen MR) is 86.6 cm³/mol. The van der Waals surface area contributed by atoms with E-state index < -0.39 is 0 Å². The molecule has 6 heteroatoms. The van der Waals surface area contributed by atoms with Crippen molar-refractivity contribution in [2.24, 2.45) is 7.05 Å². The number of likely N-dealkylation sites (N-methyl/N-ethyl adjacent to an activating group) is 1. The maximum Gasteiger partial charge on any atom is 0.274 e. The van der Waals surface area contributed by atoms with E-state index in [4.69, 9.17) is 5.73 Å². The minimum atomic E-state index is -0.0775. The molecule has 0 aliphatic carbocycles. The molecule has 114 valence electrons. The van der Waals surface area contributed by atoms with Gasteiger partial charge in [-0.25, -0.2) is 0 Å². The molecule has 1 amide bonds. The Morgan fingerprint density at radius 3 is 2.81 bits per heavy atom. The largest absolute Gasteiger partial charge is 0.395 e. The highest BCUT2D eigenvalue weighted by Gasteiger charge is 2.25. The van der Waals surface area contributed by atoms with Crippen LogP contribution in [0.3, 0.4) is 0 Å². The summed E-state index contributed by atoms with van der Waals surface area (Å²) in [4.78, 5) is 15.7. The molecule has 0 fully saturated rings. The first-order valence-electron chi connectivity index (χ1n) is 7.06. The zero-order valence-corrected chi connectivity index (χ0v) is 13.8. The van der Waals surface area contributed by atoms with Crippen molar-refractivity contribution in [3.63, 3.8) is 0 Å². The second kappa shape index (κ2) is 6.30. The van der Waals surface area contributed by atoms with Crippen molar-refractivity contribution in [1.29, 1.82) is 0 Å². The number of rotatable bonds is 5. The van der Waals surface area contributed by atoms with Crippen molar-refractivity contribution in [3.05, 3.63) is 33.8 Å². The summed E-state index contributed by atoms with van der Waals surface area (Å²) in [5.41, 5.74) is 7.82. The van der Waals surface area contributed by atoms with Crippen LogP contribution in [0.4, 0.5) is 5.69 Å². The van der Waals surface area contributed by atoms with Crippen molar-refractivity contribution in [1.82, 2.24) is 14.7 Å². The molecule has 0 radical (unpaired) electrons. The highest BCUT2D eigenvalue weighted by molar-refractivity contribution is 7.09. The van der Waals surface area contributed by atoms with Crippen LogP contribution in [0.5, 0.6) is 0 Å². The van der Waals surface area contributed by atoms with Crippen LogP contribution in [0, 0.1) is 0 Å². The number of hydrogen-bond donors (Lipinski definition) is 1. The van der Waals surface area contributed by atoms with Crippen LogP contribution < -0.4 is 5.73 Å².